The van der Waals surface area contributed by atoms with Crippen molar-refractivity contribution in [3.8, 4) is 0 Å². The van der Waals surface area contributed by atoms with E-state index in [1.165, 1.54) is 25.8 Å². The second-order valence-corrected chi connectivity index (χ2v) is 5.37. The lowest BCUT2D eigenvalue weighted by Gasteiger charge is -2.33. The first-order chi connectivity index (χ1) is 9.27. The molecule has 0 saturated carbocycles. The van der Waals surface area contributed by atoms with E-state index in [1.54, 1.807) is 0 Å². The second kappa shape index (κ2) is 7.29. The zero-order chi connectivity index (χ0) is 13.5. The molecule has 0 spiro atoms. The van der Waals surface area contributed by atoms with Crippen molar-refractivity contribution in [3.63, 3.8) is 0 Å². The first-order valence-electron chi connectivity index (χ1n) is 7.37. The van der Waals surface area contributed by atoms with Crippen LogP contribution in [-0.4, -0.2) is 36.4 Å². The molecule has 0 aromatic heterocycles. The summed E-state index contributed by atoms with van der Waals surface area (Å²) in [5, 5.41) is 0. The quantitative estimate of drug-likeness (QED) is 0.502. The summed E-state index contributed by atoms with van der Waals surface area (Å²) in [6, 6.07) is 10.7. The molecule has 3 nitrogen and oxygen atoms in total. The van der Waals surface area contributed by atoms with Crippen molar-refractivity contribution in [1.82, 2.24) is 4.90 Å². The van der Waals surface area contributed by atoms with Gasteiger partial charge in [0.2, 0.25) is 0 Å². The van der Waals surface area contributed by atoms with E-state index in [1.807, 2.05) is 30.3 Å². The Morgan fingerprint density at radius 1 is 1.32 bits per heavy atom. The van der Waals surface area contributed by atoms with Crippen molar-refractivity contribution >= 4 is 5.84 Å². The standard InChI is InChI=1S/C16H25N3/c1-14-8-5-6-12-19(14)13-7-11-18-16(17)15-9-3-2-4-10-15/h2-4,9-10,14H,5-8,11-13H2,1H3,(H2,17,18). The van der Waals surface area contributed by atoms with Crippen LogP contribution in [0.5, 0.6) is 0 Å². The minimum absolute atomic E-state index is 0.660. The number of nitrogens with two attached hydrogens (primary N) is 1. The number of rotatable bonds is 5. The van der Waals surface area contributed by atoms with E-state index in [-0.39, 0.29) is 0 Å². The number of hydrogen-bond donors (Lipinski definition) is 1. The van der Waals surface area contributed by atoms with Gasteiger partial charge in [0.1, 0.15) is 5.84 Å². The maximum absolute atomic E-state index is 5.98. The van der Waals surface area contributed by atoms with Gasteiger partial charge in [-0.1, -0.05) is 36.8 Å². The van der Waals surface area contributed by atoms with E-state index < -0.39 is 0 Å². The molecule has 0 amide bonds. The Morgan fingerprint density at radius 2 is 2.11 bits per heavy atom. The van der Waals surface area contributed by atoms with E-state index in [0.29, 0.717) is 5.84 Å². The van der Waals surface area contributed by atoms with E-state index in [2.05, 4.69) is 16.8 Å². The topological polar surface area (TPSA) is 41.6 Å². The number of hydrogen-bond acceptors (Lipinski definition) is 2. The molecule has 0 bridgehead atoms. The molecular formula is C16H25N3. The van der Waals surface area contributed by atoms with Gasteiger partial charge in [0.25, 0.3) is 0 Å². The van der Waals surface area contributed by atoms with Crippen LogP contribution >= 0.6 is 0 Å². The molecule has 104 valence electrons. The summed E-state index contributed by atoms with van der Waals surface area (Å²) in [6.45, 7) is 5.55. The number of benzene rings is 1. The highest BCUT2D eigenvalue weighted by Crippen LogP contribution is 2.16. The molecule has 1 atom stereocenters. The molecule has 19 heavy (non-hydrogen) atoms. The molecule has 1 aliphatic rings. The fourth-order valence-corrected chi connectivity index (χ4v) is 2.66. The van der Waals surface area contributed by atoms with Gasteiger partial charge in [-0.2, -0.15) is 0 Å². The van der Waals surface area contributed by atoms with Gasteiger partial charge < -0.3 is 10.6 Å². The molecule has 1 heterocycles. The molecule has 1 saturated heterocycles. The predicted molar refractivity (Wildman–Crippen MR) is 81.5 cm³/mol. The van der Waals surface area contributed by atoms with Crippen molar-refractivity contribution in [2.45, 2.75) is 38.6 Å². The molecule has 1 aromatic rings. The van der Waals surface area contributed by atoms with Gasteiger partial charge >= 0.3 is 0 Å². The average molecular weight is 259 g/mol. The summed E-state index contributed by atoms with van der Waals surface area (Å²) in [7, 11) is 0. The van der Waals surface area contributed by atoms with Crippen LogP contribution in [0.2, 0.25) is 0 Å². The molecule has 1 aliphatic heterocycles. The van der Waals surface area contributed by atoms with Crippen molar-refractivity contribution < 1.29 is 0 Å². The van der Waals surface area contributed by atoms with Gasteiger partial charge in [0.15, 0.2) is 0 Å². The number of nitrogens with zero attached hydrogens (tertiary/aromatic N) is 2. The van der Waals surface area contributed by atoms with Crippen LogP contribution in [0.1, 0.15) is 38.2 Å². The maximum Gasteiger partial charge on any atom is 0.125 e. The highest BCUT2D eigenvalue weighted by Gasteiger charge is 2.16. The van der Waals surface area contributed by atoms with Gasteiger partial charge in [0, 0.05) is 24.7 Å². The Hall–Kier alpha value is -1.35. The molecule has 1 unspecified atom stereocenters. The van der Waals surface area contributed by atoms with Crippen molar-refractivity contribution in [2.75, 3.05) is 19.6 Å². The Labute approximate surface area is 116 Å². The summed E-state index contributed by atoms with van der Waals surface area (Å²) in [5.74, 6) is 0.660. The summed E-state index contributed by atoms with van der Waals surface area (Å²) in [5.41, 5.74) is 7.00. The predicted octanol–water partition coefficient (Wildman–Crippen LogP) is 2.66. The van der Waals surface area contributed by atoms with Crippen LogP contribution in [0.25, 0.3) is 0 Å². The summed E-state index contributed by atoms with van der Waals surface area (Å²) < 4.78 is 0. The van der Waals surface area contributed by atoms with Crippen molar-refractivity contribution in [2.24, 2.45) is 10.7 Å². The van der Waals surface area contributed by atoms with Gasteiger partial charge in [-0.15, -0.1) is 0 Å². The normalized spacial score (nSPS) is 21.5. The molecule has 3 heteroatoms. The van der Waals surface area contributed by atoms with Crippen LogP contribution in [0.4, 0.5) is 0 Å². The number of likely N-dealkylation sites (tertiary alicyclic amines) is 1. The number of aliphatic imine (C=N–C) groups is 1. The van der Waals surface area contributed by atoms with Gasteiger partial charge in [0.05, 0.1) is 0 Å². The van der Waals surface area contributed by atoms with E-state index in [4.69, 9.17) is 5.73 Å². The maximum atomic E-state index is 5.98. The van der Waals surface area contributed by atoms with Gasteiger partial charge in [-0.25, -0.2) is 0 Å². The highest BCUT2D eigenvalue weighted by atomic mass is 15.2. The largest absolute Gasteiger partial charge is 0.384 e. The van der Waals surface area contributed by atoms with Gasteiger partial charge in [-0.05, 0) is 32.7 Å². The van der Waals surface area contributed by atoms with E-state index in [9.17, 15) is 0 Å². The third kappa shape index (κ3) is 4.35. The van der Waals surface area contributed by atoms with Crippen molar-refractivity contribution in [1.29, 1.82) is 0 Å². The third-order valence-corrected chi connectivity index (χ3v) is 3.90. The SMILES string of the molecule is CC1CCCCN1CCCN=C(N)c1ccccc1. The molecular weight excluding hydrogens is 234 g/mol. The van der Waals surface area contributed by atoms with E-state index >= 15 is 0 Å². The monoisotopic (exact) mass is 259 g/mol. The second-order valence-electron chi connectivity index (χ2n) is 5.37. The number of amidine groups is 1. The van der Waals surface area contributed by atoms with E-state index in [0.717, 1.165) is 31.1 Å². The summed E-state index contributed by atoms with van der Waals surface area (Å²) in [4.78, 5) is 7.05. The fourth-order valence-electron chi connectivity index (χ4n) is 2.66. The summed E-state index contributed by atoms with van der Waals surface area (Å²) >= 11 is 0. The first-order valence-corrected chi connectivity index (χ1v) is 7.37. The van der Waals surface area contributed by atoms with Crippen LogP contribution in [-0.2, 0) is 0 Å². The molecule has 1 fully saturated rings. The minimum atomic E-state index is 0.660. The first kappa shape index (κ1) is 14.1. The zero-order valence-corrected chi connectivity index (χ0v) is 11.9. The molecule has 0 radical (unpaired) electrons. The molecule has 2 N–H and O–H groups in total. The lowest BCUT2D eigenvalue weighted by Crippen LogP contribution is -2.38. The minimum Gasteiger partial charge on any atom is -0.384 e. The Balaban J connectivity index is 1.74. The highest BCUT2D eigenvalue weighted by molar-refractivity contribution is 5.97. The van der Waals surface area contributed by atoms with Crippen LogP contribution < -0.4 is 5.73 Å². The Bertz CT molecular complexity index is 400. The lowest BCUT2D eigenvalue weighted by atomic mass is 10.0. The van der Waals surface area contributed by atoms with Crippen LogP contribution in [0.3, 0.4) is 0 Å². The zero-order valence-electron chi connectivity index (χ0n) is 11.9. The Kier molecular flexibility index (Phi) is 5.40. The lowest BCUT2D eigenvalue weighted by molar-refractivity contribution is 0.160. The average Bonchev–Trinajstić information content (AvgIpc) is 2.46. The van der Waals surface area contributed by atoms with Gasteiger partial charge in [-0.3, -0.25) is 4.99 Å². The van der Waals surface area contributed by atoms with Crippen LogP contribution in [0, 0.1) is 0 Å². The smallest absolute Gasteiger partial charge is 0.125 e. The van der Waals surface area contributed by atoms with Crippen LogP contribution in [0.15, 0.2) is 35.3 Å². The number of piperidine rings is 1. The Morgan fingerprint density at radius 3 is 2.84 bits per heavy atom. The molecule has 2 rings (SSSR count). The molecule has 1 aromatic carbocycles. The third-order valence-electron chi connectivity index (χ3n) is 3.90. The summed E-state index contributed by atoms with van der Waals surface area (Å²) in [6.07, 6.45) is 5.17. The van der Waals surface area contributed by atoms with Crippen molar-refractivity contribution in [3.05, 3.63) is 35.9 Å². The fraction of sp³-hybridized carbons (Fsp3) is 0.562. The molecule has 0 aliphatic carbocycles.